The summed E-state index contributed by atoms with van der Waals surface area (Å²) in [5.41, 5.74) is 1.48. The van der Waals surface area contributed by atoms with Crippen molar-refractivity contribution in [1.82, 2.24) is 9.55 Å². The third-order valence-electron chi connectivity index (χ3n) is 4.94. The molecule has 0 unspecified atom stereocenters. The Morgan fingerprint density at radius 1 is 1.03 bits per heavy atom. The first-order valence-corrected chi connectivity index (χ1v) is 9.95. The van der Waals surface area contributed by atoms with Gasteiger partial charge in [-0.25, -0.2) is 9.18 Å². The van der Waals surface area contributed by atoms with Gasteiger partial charge in [0.15, 0.2) is 0 Å². The fourth-order valence-corrected chi connectivity index (χ4v) is 3.32. The molecule has 0 atom stereocenters. The van der Waals surface area contributed by atoms with Crippen LogP contribution >= 0.6 is 0 Å². The van der Waals surface area contributed by atoms with Crippen molar-refractivity contribution in [1.29, 1.82) is 0 Å². The number of nitrogens with zero attached hydrogens (tertiary/aromatic N) is 2. The first kappa shape index (κ1) is 21.0. The van der Waals surface area contributed by atoms with Crippen molar-refractivity contribution in [2.75, 3.05) is 17.7 Å². The molecule has 32 heavy (non-hydrogen) atoms. The maximum Gasteiger partial charge on any atom is 0.350 e. The smallest absolute Gasteiger partial charge is 0.350 e. The Kier molecular flexibility index (Phi) is 6.12. The Hall–Kier alpha value is -4.20. The average Bonchev–Trinajstić information content (AvgIpc) is 2.81. The highest BCUT2D eigenvalue weighted by Gasteiger charge is 2.13. The molecule has 0 aliphatic carbocycles. The van der Waals surface area contributed by atoms with Gasteiger partial charge in [0, 0.05) is 17.6 Å². The third kappa shape index (κ3) is 4.75. The van der Waals surface area contributed by atoms with Gasteiger partial charge in [0.05, 0.1) is 12.6 Å². The quantitative estimate of drug-likeness (QED) is 0.464. The molecule has 1 amide bonds. The Morgan fingerprint density at radius 2 is 1.75 bits per heavy atom. The second-order valence-corrected chi connectivity index (χ2v) is 7.10. The number of benzene rings is 3. The summed E-state index contributed by atoms with van der Waals surface area (Å²) in [6.07, 6.45) is 0. The number of aromatic nitrogens is 2. The number of amides is 1. The molecule has 8 heteroatoms. The zero-order valence-corrected chi connectivity index (χ0v) is 17.3. The number of carbonyl (C=O) groups is 1. The number of carbonyl (C=O) groups excluding carboxylic acids is 1. The molecular formula is C24H21FN4O3. The van der Waals surface area contributed by atoms with E-state index in [1.807, 2.05) is 12.1 Å². The molecule has 0 fully saturated rings. The molecule has 0 saturated heterocycles. The van der Waals surface area contributed by atoms with Crippen LogP contribution in [-0.2, 0) is 17.9 Å². The van der Waals surface area contributed by atoms with Crippen LogP contribution in [0.4, 0.5) is 15.9 Å². The number of rotatable bonds is 7. The van der Waals surface area contributed by atoms with Crippen LogP contribution in [0.15, 0.2) is 77.6 Å². The highest BCUT2D eigenvalue weighted by molar-refractivity contribution is 5.93. The van der Waals surface area contributed by atoms with Gasteiger partial charge < -0.3 is 15.4 Å². The van der Waals surface area contributed by atoms with Crippen LogP contribution in [-0.4, -0.2) is 22.6 Å². The summed E-state index contributed by atoms with van der Waals surface area (Å²) in [7, 11) is 1.57. The highest BCUT2D eigenvalue weighted by atomic mass is 19.1. The van der Waals surface area contributed by atoms with E-state index in [2.05, 4.69) is 15.6 Å². The Labute approximate surface area is 183 Å². The van der Waals surface area contributed by atoms with E-state index in [1.165, 1.54) is 16.7 Å². The number of nitrogens with one attached hydrogen (secondary N) is 2. The van der Waals surface area contributed by atoms with Gasteiger partial charge in [-0.1, -0.05) is 24.3 Å². The molecule has 1 aromatic heterocycles. The van der Waals surface area contributed by atoms with Crippen molar-refractivity contribution in [3.63, 3.8) is 0 Å². The van der Waals surface area contributed by atoms with Crippen LogP contribution in [0.5, 0.6) is 5.75 Å². The summed E-state index contributed by atoms with van der Waals surface area (Å²) in [6.45, 7) is 0.190. The van der Waals surface area contributed by atoms with Crippen LogP contribution in [0.2, 0.25) is 0 Å². The van der Waals surface area contributed by atoms with Crippen molar-refractivity contribution < 1.29 is 13.9 Å². The molecule has 162 valence electrons. The number of fused-ring (bicyclic) bond motifs is 1. The molecule has 3 aromatic carbocycles. The van der Waals surface area contributed by atoms with Crippen LogP contribution < -0.4 is 21.1 Å². The number of halogens is 1. The summed E-state index contributed by atoms with van der Waals surface area (Å²) < 4.78 is 19.6. The van der Waals surface area contributed by atoms with Gasteiger partial charge in [-0.3, -0.25) is 9.36 Å². The monoisotopic (exact) mass is 432 g/mol. The van der Waals surface area contributed by atoms with E-state index in [9.17, 15) is 14.0 Å². The van der Waals surface area contributed by atoms with E-state index < -0.39 is 5.69 Å². The van der Waals surface area contributed by atoms with Crippen molar-refractivity contribution in [3.8, 4) is 5.75 Å². The molecule has 1 heterocycles. The minimum Gasteiger partial charge on any atom is -0.497 e. The maximum absolute atomic E-state index is 13.1. The van der Waals surface area contributed by atoms with Crippen LogP contribution in [0.1, 0.15) is 5.56 Å². The molecule has 0 spiro atoms. The predicted molar refractivity (Wildman–Crippen MR) is 121 cm³/mol. The molecule has 7 nitrogen and oxygen atoms in total. The van der Waals surface area contributed by atoms with Gasteiger partial charge in [-0.15, -0.1) is 0 Å². The van der Waals surface area contributed by atoms with E-state index in [-0.39, 0.29) is 18.3 Å². The molecule has 4 rings (SSSR count). The molecule has 0 saturated carbocycles. The fraction of sp³-hybridized carbons (Fsp3) is 0.125. The standard InChI is InChI=1S/C24H21FN4O3/c1-32-19-12-10-18(11-13-19)27-22(30)15-29-21-5-3-2-4-20(21)23(28-24(29)31)26-14-16-6-8-17(25)9-7-16/h2-13H,14-15H2,1H3,(H,27,30)(H,26,28,31). The lowest BCUT2D eigenvalue weighted by Crippen LogP contribution is -2.30. The number of hydrogen-bond donors (Lipinski definition) is 2. The highest BCUT2D eigenvalue weighted by Crippen LogP contribution is 2.20. The van der Waals surface area contributed by atoms with Crippen molar-refractivity contribution >= 4 is 28.3 Å². The van der Waals surface area contributed by atoms with Crippen molar-refractivity contribution in [3.05, 3.63) is 94.7 Å². The first-order chi connectivity index (χ1) is 15.5. The SMILES string of the molecule is COc1ccc(NC(=O)Cn2c(=O)nc(NCc3ccc(F)cc3)c3ccccc32)cc1. The van der Waals surface area contributed by atoms with Crippen molar-refractivity contribution in [2.24, 2.45) is 0 Å². The van der Waals surface area contributed by atoms with Crippen LogP contribution in [0, 0.1) is 5.82 Å². The number of anilines is 2. The van der Waals surface area contributed by atoms with Gasteiger partial charge in [-0.2, -0.15) is 4.98 Å². The molecule has 0 bridgehead atoms. The Bertz CT molecular complexity index is 1300. The average molecular weight is 432 g/mol. The minimum absolute atomic E-state index is 0.184. The Morgan fingerprint density at radius 3 is 2.47 bits per heavy atom. The normalized spacial score (nSPS) is 10.7. The van der Waals surface area contributed by atoms with E-state index in [1.54, 1.807) is 55.6 Å². The summed E-state index contributed by atoms with van der Waals surface area (Å²) in [4.78, 5) is 29.5. The summed E-state index contributed by atoms with van der Waals surface area (Å²) >= 11 is 0. The topological polar surface area (TPSA) is 85.2 Å². The number of hydrogen-bond acceptors (Lipinski definition) is 5. The second kappa shape index (κ2) is 9.30. The first-order valence-electron chi connectivity index (χ1n) is 9.95. The zero-order valence-electron chi connectivity index (χ0n) is 17.3. The molecular weight excluding hydrogens is 411 g/mol. The van der Waals surface area contributed by atoms with E-state index in [4.69, 9.17) is 4.74 Å². The van der Waals surface area contributed by atoms with Gasteiger partial charge in [-0.05, 0) is 54.1 Å². The number of methoxy groups -OCH3 is 1. The minimum atomic E-state index is -0.546. The third-order valence-corrected chi connectivity index (χ3v) is 4.94. The Balaban J connectivity index is 1.56. The molecule has 0 aliphatic rings. The molecule has 0 aliphatic heterocycles. The predicted octanol–water partition coefficient (Wildman–Crippen LogP) is 3.80. The van der Waals surface area contributed by atoms with Gasteiger partial charge >= 0.3 is 5.69 Å². The number of para-hydroxylation sites is 1. The van der Waals surface area contributed by atoms with E-state index >= 15 is 0 Å². The van der Waals surface area contributed by atoms with E-state index in [0.717, 1.165) is 5.56 Å². The second-order valence-electron chi connectivity index (χ2n) is 7.10. The fourth-order valence-electron chi connectivity index (χ4n) is 3.32. The maximum atomic E-state index is 13.1. The number of ether oxygens (including phenoxy) is 1. The van der Waals surface area contributed by atoms with Gasteiger partial charge in [0.25, 0.3) is 0 Å². The largest absolute Gasteiger partial charge is 0.497 e. The van der Waals surface area contributed by atoms with Crippen LogP contribution in [0.25, 0.3) is 10.9 Å². The summed E-state index contributed by atoms with van der Waals surface area (Å²) in [5, 5.41) is 6.61. The van der Waals surface area contributed by atoms with Crippen LogP contribution in [0.3, 0.4) is 0 Å². The lowest BCUT2D eigenvalue weighted by atomic mass is 10.2. The lowest BCUT2D eigenvalue weighted by Gasteiger charge is -2.14. The van der Waals surface area contributed by atoms with Gasteiger partial charge in [0.2, 0.25) is 5.91 Å². The van der Waals surface area contributed by atoms with E-state index in [0.29, 0.717) is 34.7 Å². The molecule has 2 N–H and O–H groups in total. The summed E-state index contributed by atoms with van der Waals surface area (Å²) in [6, 6.07) is 20.2. The summed E-state index contributed by atoms with van der Waals surface area (Å²) in [5.74, 6) is 0.420. The lowest BCUT2D eigenvalue weighted by molar-refractivity contribution is -0.116. The zero-order chi connectivity index (χ0) is 22.5. The van der Waals surface area contributed by atoms with Crippen molar-refractivity contribution in [2.45, 2.75) is 13.1 Å². The molecule has 4 aromatic rings. The van der Waals surface area contributed by atoms with Gasteiger partial charge in [0.1, 0.15) is 23.9 Å². The molecule has 0 radical (unpaired) electrons.